The highest BCUT2D eigenvalue weighted by atomic mass is 32.1. The molecule has 1 aromatic carbocycles. The van der Waals surface area contributed by atoms with Crippen LogP contribution in [0.25, 0.3) is 10.1 Å². The first-order valence-corrected chi connectivity index (χ1v) is 6.39. The Bertz CT molecular complexity index is 486. The third-order valence-electron chi connectivity index (χ3n) is 3.39. The smallest absolute Gasteiger partial charge is 0.0348 e. The molecular formula is C13H15NS. The monoisotopic (exact) mass is 217 g/mol. The minimum Gasteiger partial charge on any atom is -0.330 e. The summed E-state index contributed by atoms with van der Waals surface area (Å²) < 4.78 is 1.44. The number of nitrogens with two attached hydrogens (primary N) is 1. The Balaban J connectivity index is 2.14. The Labute approximate surface area is 93.9 Å². The fourth-order valence-electron chi connectivity index (χ4n) is 2.50. The first kappa shape index (κ1) is 9.37. The molecule has 0 radical (unpaired) electrons. The lowest BCUT2D eigenvalue weighted by Crippen LogP contribution is -2.21. The molecule has 3 rings (SSSR count). The van der Waals surface area contributed by atoms with Crippen LogP contribution in [-0.4, -0.2) is 6.54 Å². The maximum absolute atomic E-state index is 5.78. The normalized spacial score (nSPS) is 20.5. The quantitative estimate of drug-likeness (QED) is 0.781. The molecule has 1 nitrogen and oxygen atoms in total. The maximum Gasteiger partial charge on any atom is 0.0348 e. The Morgan fingerprint density at radius 3 is 3.07 bits per heavy atom. The maximum atomic E-state index is 5.78. The molecule has 1 aliphatic rings. The fraction of sp³-hybridized carbons (Fsp3) is 0.385. The van der Waals surface area contributed by atoms with Crippen molar-refractivity contribution >= 4 is 21.4 Å². The van der Waals surface area contributed by atoms with Crippen molar-refractivity contribution in [3.8, 4) is 0 Å². The van der Waals surface area contributed by atoms with Crippen molar-refractivity contribution in [1.29, 1.82) is 0 Å². The van der Waals surface area contributed by atoms with E-state index in [0.29, 0.717) is 5.92 Å². The van der Waals surface area contributed by atoms with Crippen LogP contribution in [0.5, 0.6) is 0 Å². The summed E-state index contributed by atoms with van der Waals surface area (Å²) in [4.78, 5) is 1.60. The molecule has 1 heterocycles. The van der Waals surface area contributed by atoms with Gasteiger partial charge in [0.15, 0.2) is 0 Å². The lowest BCUT2D eigenvalue weighted by molar-refractivity contribution is 0.475. The van der Waals surface area contributed by atoms with Crippen LogP contribution in [0.2, 0.25) is 0 Å². The van der Waals surface area contributed by atoms with Crippen LogP contribution in [0.15, 0.2) is 24.3 Å². The van der Waals surface area contributed by atoms with Gasteiger partial charge in [-0.1, -0.05) is 18.2 Å². The van der Waals surface area contributed by atoms with Crippen molar-refractivity contribution in [2.24, 2.45) is 11.7 Å². The summed E-state index contributed by atoms with van der Waals surface area (Å²) in [7, 11) is 0. The van der Waals surface area contributed by atoms with Crippen LogP contribution in [0.4, 0.5) is 0 Å². The predicted octanol–water partition coefficient (Wildman–Crippen LogP) is 2.96. The predicted molar refractivity (Wildman–Crippen MR) is 66.4 cm³/mol. The van der Waals surface area contributed by atoms with Gasteiger partial charge in [-0.05, 0) is 48.7 Å². The molecule has 15 heavy (non-hydrogen) atoms. The summed E-state index contributed by atoms with van der Waals surface area (Å²) in [6.07, 6.45) is 3.70. The molecule has 2 aromatic rings. The topological polar surface area (TPSA) is 26.0 Å². The third kappa shape index (κ3) is 1.48. The van der Waals surface area contributed by atoms with Crippen molar-refractivity contribution < 1.29 is 0 Å². The number of fused-ring (bicyclic) bond motifs is 3. The molecule has 1 atom stereocenters. The molecule has 0 spiro atoms. The Kier molecular flexibility index (Phi) is 2.26. The van der Waals surface area contributed by atoms with Crippen molar-refractivity contribution in [3.63, 3.8) is 0 Å². The van der Waals surface area contributed by atoms with Gasteiger partial charge in [-0.15, -0.1) is 11.3 Å². The molecule has 0 amide bonds. The van der Waals surface area contributed by atoms with Crippen LogP contribution in [0.1, 0.15) is 16.9 Å². The molecule has 78 valence electrons. The number of hydrogen-bond donors (Lipinski definition) is 1. The van der Waals surface area contributed by atoms with Gasteiger partial charge in [0.05, 0.1) is 0 Å². The van der Waals surface area contributed by atoms with Crippen LogP contribution in [0, 0.1) is 5.92 Å². The lowest BCUT2D eigenvalue weighted by atomic mass is 9.87. The second-order valence-electron chi connectivity index (χ2n) is 4.34. The first-order chi connectivity index (χ1) is 7.38. The van der Waals surface area contributed by atoms with E-state index in [9.17, 15) is 0 Å². The number of thiophene rings is 1. The van der Waals surface area contributed by atoms with Gasteiger partial charge in [0.2, 0.25) is 0 Å². The summed E-state index contributed by atoms with van der Waals surface area (Å²) in [5, 5.41) is 1.47. The average Bonchev–Trinajstić information content (AvgIpc) is 2.66. The van der Waals surface area contributed by atoms with Gasteiger partial charge in [-0.25, -0.2) is 0 Å². The van der Waals surface area contributed by atoms with E-state index in [-0.39, 0.29) is 0 Å². The van der Waals surface area contributed by atoms with Gasteiger partial charge in [0.1, 0.15) is 0 Å². The minimum atomic E-state index is 0.704. The average molecular weight is 217 g/mol. The molecule has 0 saturated heterocycles. The minimum absolute atomic E-state index is 0.704. The fourth-order valence-corrected chi connectivity index (χ4v) is 3.75. The third-order valence-corrected chi connectivity index (χ3v) is 4.66. The Morgan fingerprint density at radius 1 is 1.33 bits per heavy atom. The Morgan fingerprint density at radius 2 is 2.20 bits per heavy atom. The van der Waals surface area contributed by atoms with E-state index in [1.807, 2.05) is 11.3 Å². The van der Waals surface area contributed by atoms with Crippen LogP contribution in [-0.2, 0) is 12.8 Å². The summed E-state index contributed by atoms with van der Waals surface area (Å²) in [5.74, 6) is 0.704. The van der Waals surface area contributed by atoms with E-state index in [4.69, 9.17) is 5.73 Å². The van der Waals surface area contributed by atoms with Crippen molar-refractivity contribution in [2.75, 3.05) is 6.54 Å². The molecule has 0 bridgehead atoms. The highest BCUT2D eigenvalue weighted by Crippen LogP contribution is 2.37. The van der Waals surface area contributed by atoms with Gasteiger partial charge in [0, 0.05) is 9.58 Å². The van der Waals surface area contributed by atoms with E-state index in [0.717, 1.165) is 6.54 Å². The van der Waals surface area contributed by atoms with Crippen LogP contribution < -0.4 is 5.73 Å². The lowest BCUT2D eigenvalue weighted by Gasteiger charge is -2.20. The molecule has 2 N–H and O–H groups in total. The number of hydrogen-bond acceptors (Lipinski definition) is 2. The molecule has 0 saturated carbocycles. The second kappa shape index (κ2) is 3.62. The van der Waals surface area contributed by atoms with E-state index < -0.39 is 0 Å². The molecule has 0 fully saturated rings. The van der Waals surface area contributed by atoms with Gasteiger partial charge in [-0.3, -0.25) is 0 Å². The summed E-state index contributed by atoms with van der Waals surface area (Å²) in [6, 6.07) is 8.76. The molecular weight excluding hydrogens is 202 g/mol. The van der Waals surface area contributed by atoms with Crippen molar-refractivity contribution in [3.05, 3.63) is 34.7 Å². The first-order valence-electron chi connectivity index (χ1n) is 5.58. The molecule has 1 aromatic heterocycles. The van der Waals surface area contributed by atoms with Crippen LogP contribution in [0.3, 0.4) is 0 Å². The van der Waals surface area contributed by atoms with Crippen molar-refractivity contribution in [2.45, 2.75) is 19.3 Å². The van der Waals surface area contributed by atoms with Gasteiger partial charge >= 0.3 is 0 Å². The molecule has 0 aliphatic heterocycles. The standard InChI is InChI=1S/C13H15NS/c14-8-9-5-6-13-11(7-9)10-3-1-2-4-12(10)15-13/h1-4,9H,5-8,14H2. The zero-order chi connectivity index (χ0) is 10.3. The van der Waals surface area contributed by atoms with Crippen LogP contribution >= 0.6 is 11.3 Å². The largest absolute Gasteiger partial charge is 0.330 e. The zero-order valence-electron chi connectivity index (χ0n) is 8.70. The number of benzene rings is 1. The molecule has 1 aliphatic carbocycles. The van der Waals surface area contributed by atoms with Crippen molar-refractivity contribution in [1.82, 2.24) is 0 Å². The summed E-state index contributed by atoms with van der Waals surface area (Å²) in [6.45, 7) is 0.837. The van der Waals surface area contributed by atoms with E-state index >= 15 is 0 Å². The highest BCUT2D eigenvalue weighted by Gasteiger charge is 2.21. The summed E-state index contributed by atoms with van der Waals surface area (Å²) >= 11 is 1.97. The Hall–Kier alpha value is -0.860. The van der Waals surface area contributed by atoms with Gasteiger partial charge in [-0.2, -0.15) is 0 Å². The van der Waals surface area contributed by atoms with Gasteiger partial charge < -0.3 is 5.73 Å². The van der Waals surface area contributed by atoms with E-state index in [1.54, 1.807) is 10.4 Å². The number of rotatable bonds is 1. The molecule has 1 unspecified atom stereocenters. The highest BCUT2D eigenvalue weighted by molar-refractivity contribution is 7.19. The van der Waals surface area contributed by atoms with E-state index in [1.165, 1.54) is 29.3 Å². The second-order valence-corrected chi connectivity index (χ2v) is 5.48. The molecule has 2 heteroatoms. The number of aryl methyl sites for hydroxylation is 1. The van der Waals surface area contributed by atoms with E-state index in [2.05, 4.69) is 24.3 Å². The zero-order valence-corrected chi connectivity index (χ0v) is 9.52. The SMILES string of the molecule is NCC1CCc2sc3ccccc3c2C1. The van der Waals surface area contributed by atoms with Gasteiger partial charge in [0.25, 0.3) is 0 Å². The summed E-state index contributed by atoms with van der Waals surface area (Å²) in [5.41, 5.74) is 7.36.